The molecule has 1 heterocycles. The van der Waals surface area contributed by atoms with Crippen LogP contribution < -0.4 is 10.6 Å². The van der Waals surface area contributed by atoms with E-state index >= 15 is 0 Å². The van der Waals surface area contributed by atoms with Crippen molar-refractivity contribution in [3.8, 4) is 0 Å². The molecule has 6 heteroatoms. The molecule has 1 aromatic heterocycles. The van der Waals surface area contributed by atoms with Crippen LogP contribution in [0, 0.1) is 5.92 Å². The van der Waals surface area contributed by atoms with Gasteiger partial charge in [0, 0.05) is 32.6 Å². The Morgan fingerprint density at radius 2 is 1.94 bits per heavy atom. The van der Waals surface area contributed by atoms with Crippen molar-refractivity contribution in [2.75, 3.05) is 45.2 Å². The molecule has 0 aliphatic carbocycles. The van der Waals surface area contributed by atoms with E-state index in [2.05, 4.69) is 47.9 Å². The number of nitrogens with zero attached hydrogens (tertiary/aromatic N) is 4. The van der Waals surface area contributed by atoms with Gasteiger partial charge in [-0.2, -0.15) is 0 Å². The second kappa shape index (κ2) is 7.33. The van der Waals surface area contributed by atoms with Crippen LogP contribution in [-0.4, -0.2) is 55.4 Å². The fourth-order valence-corrected chi connectivity index (χ4v) is 1.62. The molecule has 0 radical (unpaired) electrons. The van der Waals surface area contributed by atoms with E-state index in [-0.39, 0.29) is 0 Å². The fraction of sp³-hybridized carbons (Fsp3) is 0.833. The highest BCUT2D eigenvalue weighted by Gasteiger charge is 2.15. The molecule has 0 saturated heterocycles. The summed E-state index contributed by atoms with van der Waals surface area (Å²) >= 11 is 0. The van der Waals surface area contributed by atoms with Crippen LogP contribution in [0.4, 0.5) is 6.01 Å². The van der Waals surface area contributed by atoms with Gasteiger partial charge in [-0.15, -0.1) is 5.10 Å². The van der Waals surface area contributed by atoms with Gasteiger partial charge in [0.2, 0.25) is 5.89 Å². The number of rotatable bonds is 8. The molecule has 2 N–H and O–H groups in total. The molecule has 6 nitrogen and oxygen atoms in total. The molecular formula is C12H25N5O. The lowest BCUT2D eigenvalue weighted by molar-refractivity contribution is 0.396. The van der Waals surface area contributed by atoms with Crippen molar-refractivity contribution in [1.29, 1.82) is 0 Å². The SMILES string of the molecule is CC(C)CN(CCN(C)C)c1nnc(CCN)o1. The molecule has 104 valence electrons. The van der Waals surface area contributed by atoms with Crippen LogP contribution in [-0.2, 0) is 6.42 Å². The number of hydrogen-bond acceptors (Lipinski definition) is 6. The van der Waals surface area contributed by atoms with Gasteiger partial charge in [-0.25, -0.2) is 0 Å². The first-order valence-electron chi connectivity index (χ1n) is 6.45. The van der Waals surface area contributed by atoms with Crippen molar-refractivity contribution in [3.05, 3.63) is 5.89 Å². The predicted molar refractivity (Wildman–Crippen MR) is 72.7 cm³/mol. The number of hydrogen-bond donors (Lipinski definition) is 1. The zero-order valence-corrected chi connectivity index (χ0v) is 11.9. The molecule has 1 rings (SSSR count). The van der Waals surface area contributed by atoms with Gasteiger partial charge < -0.3 is 20.0 Å². The maximum atomic E-state index is 5.62. The van der Waals surface area contributed by atoms with Crippen LogP contribution in [0.25, 0.3) is 0 Å². The van der Waals surface area contributed by atoms with Crippen molar-refractivity contribution in [2.24, 2.45) is 11.7 Å². The minimum absolute atomic E-state index is 0.531. The number of likely N-dealkylation sites (N-methyl/N-ethyl adjacent to an activating group) is 1. The zero-order chi connectivity index (χ0) is 13.5. The summed E-state index contributed by atoms with van der Waals surface area (Å²) in [6.07, 6.45) is 0.635. The Bertz CT molecular complexity index is 337. The van der Waals surface area contributed by atoms with Gasteiger partial charge in [0.1, 0.15) is 0 Å². The van der Waals surface area contributed by atoms with Gasteiger partial charge in [-0.1, -0.05) is 18.9 Å². The Kier molecular flexibility index (Phi) is 6.07. The van der Waals surface area contributed by atoms with Gasteiger partial charge in [0.15, 0.2) is 0 Å². The lowest BCUT2D eigenvalue weighted by atomic mass is 10.2. The summed E-state index contributed by atoms with van der Waals surface area (Å²) in [6, 6.07) is 0.606. The molecule has 0 spiro atoms. The second-order valence-corrected chi connectivity index (χ2v) is 5.16. The average molecular weight is 255 g/mol. The first kappa shape index (κ1) is 14.9. The summed E-state index contributed by atoms with van der Waals surface area (Å²) < 4.78 is 5.62. The average Bonchev–Trinajstić information content (AvgIpc) is 2.72. The van der Waals surface area contributed by atoms with Gasteiger partial charge >= 0.3 is 6.01 Å². The third-order valence-electron chi connectivity index (χ3n) is 2.49. The standard InChI is InChI=1S/C12H25N5O/c1-10(2)9-17(8-7-16(3)4)12-15-14-11(18-12)5-6-13/h10H,5-9,13H2,1-4H3. The molecule has 0 fully saturated rings. The molecule has 0 aromatic carbocycles. The molecule has 0 amide bonds. The number of nitrogens with two attached hydrogens (primary N) is 1. The summed E-state index contributed by atoms with van der Waals surface area (Å²) in [4.78, 5) is 4.28. The third-order valence-corrected chi connectivity index (χ3v) is 2.49. The first-order valence-corrected chi connectivity index (χ1v) is 6.45. The minimum atomic E-state index is 0.531. The smallest absolute Gasteiger partial charge is 0.318 e. The van der Waals surface area contributed by atoms with Crippen molar-refractivity contribution in [1.82, 2.24) is 15.1 Å². The molecule has 0 bridgehead atoms. The molecular weight excluding hydrogens is 230 g/mol. The Balaban J connectivity index is 2.67. The van der Waals surface area contributed by atoms with E-state index in [0.29, 0.717) is 30.8 Å². The Morgan fingerprint density at radius 3 is 2.50 bits per heavy atom. The number of aromatic nitrogens is 2. The van der Waals surface area contributed by atoms with Gasteiger partial charge in [0.05, 0.1) is 0 Å². The summed E-state index contributed by atoms with van der Waals surface area (Å²) in [5.41, 5.74) is 5.48. The molecule has 0 atom stereocenters. The molecule has 1 aromatic rings. The van der Waals surface area contributed by atoms with Crippen molar-refractivity contribution in [3.63, 3.8) is 0 Å². The van der Waals surface area contributed by atoms with Crippen molar-refractivity contribution in [2.45, 2.75) is 20.3 Å². The predicted octanol–water partition coefficient (Wildman–Crippen LogP) is 0.595. The van der Waals surface area contributed by atoms with E-state index in [4.69, 9.17) is 10.2 Å². The zero-order valence-electron chi connectivity index (χ0n) is 11.9. The maximum absolute atomic E-state index is 5.62. The lowest BCUT2D eigenvalue weighted by Gasteiger charge is -2.23. The quantitative estimate of drug-likeness (QED) is 0.733. The Labute approximate surface area is 109 Å². The van der Waals surface area contributed by atoms with Crippen LogP contribution >= 0.6 is 0 Å². The molecule has 0 aliphatic heterocycles. The Morgan fingerprint density at radius 1 is 1.22 bits per heavy atom. The summed E-state index contributed by atoms with van der Waals surface area (Å²) in [7, 11) is 4.11. The second-order valence-electron chi connectivity index (χ2n) is 5.16. The van der Waals surface area contributed by atoms with Crippen LogP contribution in [0.5, 0.6) is 0 Å². The van der Waals surface area contributed by atoms with Gasteiger partial charge in [-0.05, 0) is 20.0 Å². The van der Waals surface area contributed by atoms with E-state index in [1.807, 2.05) is 0 Å². The summed E-state index contributed by atoms with van der Waals surface area (Å²) in [6.45, 7) is 7.65. The van der Waals surface area contributed by atoms with E-state index in [0.717, 1.165) is 19.6 Å². The lowest BCUT2D eigenvalue weighted by Crippen LogP contribution is -2.34. The van der Waals surface area contributed by atoms with Crippen molar-refractivity contribution < 1.29 is 4.42 Å². The highest BCUT2D eigenvalue weighted by Crippen LogP contribution is 2.14. The highest BCUT2D eigenvalue weighted by atomic mass is 16.4. The van der Waals surface area contributed by atoms with Crippen LogP contribution in [0.2, 0.25) is 0 Å². The normalized spacial score (nSPS) is 11.5. The summed E-state index contributed by atoms with van der Waals surface area (Å²) in [5, 5.41) is 8.11. The third kappa shape index (κ3) is 5.01. The topological polar surface area (TPSA) is 71.4 Å². The highest BCUT2D eigenvalue weighted by molar-refractivity contribution is 5.24. The van der Waals surface area contributed by atoms with Crippen molar-refractivity contribution >= 4 is 6.01 Å². The monoisotopic (exact) mass is 255 g/mol. The van der Waals surface area contributed by atoms with Crippen LogP contribution in [0.15, 0.2) is 4.42 Å². The maximum Gasteiger partial charge on any atom is 0.318 e. The van der Waals surface area contributed by atoms with Crippen LogP contribution in [0.1, 0.15) is 19.7 Å². The van der Waals surface area contributed by atoms with Gasteiger partial charge in [0.25, 0.3) is 0 Å². The number of anilines is 1. The molecule has 18 heavy (non-hydrogen) atoms. The fourth-order valence-electron chi connectivity index (χ4n) is 1.62. The largest absolute Gasteiger partial charge is 0.408 e. The molecule has 0 saturated carbocycles. The van der Waals surface area contributed by atoms with E-state index < -0.39 is 0 Å². The molecule has 0 unspecified atom stereocenters. The Hall–Kier alpha value is -1.14. The van der Waals surface area contributed by atoms with E-state index in [9.17, 15) is 0 Å². The van der Waals surface area contributed by atoms with E-state index in [1.165, 1.54) is 0 Å². The van der Waals surface area contributed by atoms with Gasteiger partial charge in [-0.3, -0.25) is 0 Å². The summed E-state index contributed by atoms with van der Waals surface area (Å²) in [5.74, 6) is 1.17. The molecule has 0 aliphatic rings. The van der Waals surface area contributed by atoms with Crippen LogP contribution in [0.3, 0.4) is 0 Å². The van der Waals surface area contributed by atoms with E-state index in [1.54, 1.807) is 0 Å². The first-order chi connectivity index (χ1) is 8.52. The minimum Gasteiger partial charge on any atom is -0.408 e.